The summed E-state index contributed by atoms with van der Waals surface area (Å²) in [7, 11) is 4.41. The zero-order valence-electron chi connectivity index (χ0n) is 14.8. The lowest BCUT2D eigenvalue weighted by Gasteiger charge is -2.24. The number of fused-ring (bicyclic) bond motifs is 1. The fraction of sp³-hybridized carbons (Fsp3) is 0.579. The van der Waals surface area contributed by atoms with Crippen LogP contribution in [0.5, 0.6) is 0 Å². The van der Waals surface area contributed by atoms with Gasteiger partial charge in [0.2, 0.25) is 0 Å². The molecule has 4 nitrogen and oxygen atoms in total. The van der Waals surface area contributed by atoms with E-state index in [1.165, 1.54) is 19.4 Å². The predicted octanol–water partition coefficient (Wildman–Crippen LogP) is 3.10. The van der Waals surface area contributed by atoms with E-state index in [0.717, 1.165) is 41.4 Å². The highest BCUT2D eigenvalue weighted by molar-refractivity contribution is 5.74. The van der Waals surface area contributed by atoms with Gasteiger partial charge in [-0.05, 0) is 45.5 Å². The van der Waals surface area contributed by atoms with E-state index in [-0.39, 0.29) is 0 Å². The fourth-order valence-electron chi connectivity index (χ4n) is 3.80. The predicted molar refractivity (Wildman–Crippen MR) is 95.4 cm³/mol. The molecule has 1 aromatic carbocycles. The van der Waals surface area contributed by atoms with E-state index in [1.807, 2.05) is 18.2 Å². The molecule has 2 atom stereocenters. The molecule has 0 spiro atoms. The van der Waals surface area contributed by atoms with Crippen molar-refractivity contribution in [3.8, 4) is 0 Å². The maximum Gasteiger partial charge on any atom is 0.0890 e. The molecule has 2 aromatic rings. The Balaban J connectivity index is 1.78. The summed E-state index contributed by atoms with van der Waals surface area (Å²) in [6, 6.07) is 8.80. The molecule has 3 rings (SSSR count). The highest BCUT2D eigenvalue weighted by atomic mass is 15.2. The number of likely N-dealkylation sites (tertiary alicyclic amines) is 1. The van der Waals surface area contributed by atoms with Crippen molar-refractivity contribution in [2.45, 2.75) is 39.3 Å². The second kappa shape index (κ2) is 6.93. The van der Waals surface area contributed by atoms with Crippen molar-refractivity contribution in [2.75, 3.05) is 27.2 Å². The first-order valence-electron chi connectivity index (χ1n) is 8.69. The molecular formula is C19H28N4. The number of rotatable bonds is 5. The van der Waals surface area contributed by atoms with Crippen LogP contribution in [0.2, 0.25) is 0 Å². The Morgan fingerprint density at radius 3 is 2.48 bits per heavy atom. The monoisotopic (exact) mass is 312 g/mol. The number of hydrogen-bond donors (Lipinski definition) is 0. The van der Waals surface area contributed by atoms with E-state index in [9.17, 15) is 0 Å². The Hall–Kier alpha value is -1.52. The van der Waals surface area contributed by atoms with Crippen molar-refractivity contribution in [3.63, 3.8) is 0 Å². The molecule has 0 saturated carbocycles. The van der Waals surface area contributed by atoms with Crippen molar-refractivity contribution in [1.82, 2.24) is 19.8 Å². The summed E-state index contributed by atoms with van der Waals surface area (Å²) in [6.45, 7) is 7.58. The molecule has 0 aliphatic carbocycles. The maximum absolute atomic E-state index is 4.86. The summed E-state index contributed by atoms with van der Waals surface area (Å²) < 4.78 is 0. The minimum Gasteiger partial charge on any atom is -0.305 e. The van der Waals surface area contributed by atoms with E-state index in [2.05, 4.69) is 43.8 Å². The van der Waals surface area contributed by atoms with Gasteiger partial charge in [-0.25, -0.2) is 9.97 Å². The van der Waals surface area contributed by atoms with Crippen LogP contribution in [-0.4, -0.2) is 53.0 Å². The first-order chi connectivity index (χ1) is 11.1. The molecule has 1 aliphatic rings. The van der Waals surface area contributed by atoms with E-state index < -0.39 is 0 Å². The third-order valence-electron chi connectivity index (χ3n) is 5.02. The molecule has 1 aliphatic heterocycles. The Morgan fingerprint density at radius 1 is 1.13 bits per heavy atom. The summed E-state index contributed by atoms with van der Waals surface area (Å²) in [5.41, 5.74) is 4.18. The second-order valence-electron chi connectivity index (χ2n) is 7.02. The van der Waals surface area contributed by atoms with Gasteiger partial charge in [-0.3, -0.25) is 4.90 Å². The quantitative estimate of drug-likeness (QED) is 0.849. The maximum atomic E-state index is 4.86. The third kappa shape index (κ3) is 3.54. The van der Waals surface area contributed by atoms with Gasteiger partial charge in [0, 0.05) is 25.7 Å². The van der Waals surface area contributed by atoms with Crippen LogP contribution in [0.25, 0.3) is 11.0 Å². The molecule has 2 heterocycles. The van der Waals surface area contributed by atoms with E-state index in [4.69, 9.17) is 9.97 Å². The van der Waals surface area contributed by atoms with Crippen molar-refractivity contribution < 1.29 is 0 Å². The molecule has 124 valence electrons. The molecule has 1 fully saturated rings. The Kier molecular flexibility index (Phi) is 4.93. The SMILES string of the molecule is CCC[C@@H]1CN(Cc2nc3ccccc3nc2C)C[C@H]1N(C)C. The van der Waals surface area contributed by atoms with Gasteiger partial charge in [-0.1, -0.05) is 25.5 Å². The van der Waals surface area contributed by atoms with E-state index >= 15 is 0 Å². The fourth-order valence-corrected chi connectivity index (χ4v) is 3.80. The van der Waals surface area contributed by atoms with Crippen LogP contribution in [0.1, 0.15) is 31.2 Å². The first kappa shape index (κ1) is 16.3. The average molecular weight is 312 g/mol. The normalized spacial score (nSPS) is 22.3. The van der Waals surface area contributed by atoms with Gasteiger partial charge in [0.05, 0.1) is 22.4 Å². The zero-order valence-corrected chi connectivity index (χ0v) is 14.8. The lowest BCUT2D eigenvalue weighted by molar-refractivity contribution is 0.238. The van der Waals surface area contributed by atoms with Crippen LogP contribution in [-0.2, 0) is 6.54 Å². The molecule has 0 radical (unpaired) electrons. The number of likely N-dealkylation sites (N-methyl/N-ethyl adjacent to an activating group) is 1. The molecule has 0 N–H and O–H groups in total. The molecule has 1 saturated heterocycles. The van der Waals surface area contributed by atoms with E-state index in [0.29, 0.717) is 6.04 Å². The number of benzene rings is 1. The van der Waals surface area contributed by atoms with Crippen LogP contribution in [0.15, 0.2) is 24.3 Å². The molecule has 0 bridgehead atoms. The summed E-state index contributed by atoms with van der Waals surface area (Å²) >= 11 is 0. The minimum absolute atomic E-state index is 0.656. The minimum atomic E-state index is 0.656. The molecule has 1 aromatic heterocycles. The second-order valence-corrected chi connectivity index (χ2v) is 7.02. The van der Waals surface area contributed by atoms with Crippen molar-refractivity contribution in [2.24, 2.45) is 5.92 Å². The summed E-state index contributed by atoms with van der Waals surface area (Å²) in [5, 5.41) is 0. The van der Waals surface area contributed by atoms with Crippen LogP contribution in [0, 0.1) is 12.8 Å². The van der Waals surface area contributed by atoms with Gasteiger partial charge in [0.15, 0.2) is 0 Å². The molecule has 0 unspecified atom stereocenters. The summed E-state index contributed by atoms with van der Waals surface area (Å²) in [4.78, 5) is 14.5. The van der Waals surface area contributed by atoms with Gasteiger partial charge in [-0.2, -0.15) is 0 Å². The highest BCUT2D eigenvalue weighted by Crippen LogP contribution is 2.26. The van der Waals surface area contributed by atoms with Gasteiger partial charge in [0.25, 0.3) is 0 Å². The van der Waals surface area contributed by atoms with Gasteiger partial charge < -0.3 is 4.90 Å². The van der Waals surface area contributed by atoms with Crippen LogP contribution in [0.4, 0.5) is 0 Å². The molecule has 0 amide bonds. The van der Waals surface area contributed by atoms with Crippen LogP contribution in [0.3, 0.4) is 0 Å². The third-order valence-corrected chi connectivity index (χ3v) is 5.02. The highest BCUT2D eigenvalue weighted by Gasteiger charge is 2.33. The van der Waals surface area contributed by atoms with Gasteiger partial charge in [-0.15, -0.1) is 0 Å². The van der Waals surface area contributed by atoms with Crippen LogP contribution >= 0.6 is 0 Å². The van der Waals surface area contributed by atoms with Crippen molar-refractivity contribution in [1.29, 1.82) is 0 Å². The van der Waals surface area contributed by atoms with Crippen molar-refractivity contribution in [3.05, 3.63) is 35.7 Å². The number of aryl methyl sites for hydroxylation is 1. The Bertz CT molecular complexity index is 667. The van der Waals surface area contributed by atoms with E-state index in [1.54, 1.807) is 0 Å². The average Bonchev–Trinajstić information content (AvgIpc) is 2.91. The largest absolute Gasteiger partial charge is 0.305 e. The number of nitrogens with zero attached hydrogens (tertiary/aromatic N) is 4. The number of hydrogen-bond acceptors (Lipinski definition) is 4. The van der Waals surface area contributed by atoms with Gasteiger partial charge >= 0.3 is 0 Å². The molecule has 23 heavy (non-hydrogen) atoms. The van der Waals surface area contributed by atoms with Crippen molar-refractivity contribution >= 4 is 11.0 Å². The topological polar surface area (TPSA) is 32.3 Å². The number of aromatic nitrogens is 2. The first-order valence-corrected chi connectivity index (χ1v) is 8.69. The van der Waals surface area contributed by atoms with Crippen LogP contribution < -0.4 is 0 Å². The smallest absolute Gasteiger partial charge is 0.0890 e. The Labute approximate surface area is 139 Å². The van der Waals surface area contributed by atoms with Gasteiger partial charge in [0.1, 0.15) is 0 Å². The summed E-state index contributed by atoms with van der Waals surface area (Å²) in [6.07, 6.45) is 2.57. The Morgan fingerprint density at radius 2 is 1.83 bits per heavy atom. The lowest BCUT2D eigenvalue weighted by Crippen LogP contribution is -2.35. The summed E-state index contributed by atoms with van der Waals surface area (Å²) in [5.74, 6) is 0.767. The molecule has 4 heteroatoms. The lowest BCUT2D eigenvalue weighted by atomic mass is 9.98. The zero-order chi connectivity index (χ0) is 16.4. The number of para-hydroxylation sites is 2. The standard InChI is InChI=1S/C19H28N4/c1-5-8-15-11-23(13-19(15)22(3)4)12-18-14(2)20-16-9-6-7-10-17(16)21-18/h6-7,9-10,15,19H,5,8,11-13H2,1-4H3/t15-,19-/m1/s1. The molecular weight excluding hydrogens is 284 g/mol.